The Hall–Kier alpha value is -1.69. The van der Waals surface area contributed by atoms with Crippen molar-refractivity contribution in [2.24, 2.45) is 0 Å². The molecule has 1 atom stereocenters. The number of nitrogens with two attached hydrogens (primary N) is 1. The Bertz CT molecular complexity index is 474. The SMILES string of the molecule is Nc1ccc(F)c(C(=O)NCCC2CCCO2)c1F. The molecule has 0 saturated carbocycles. The van der Waals surface area contributed by atoms with Gasteiger partial charge in [-0.3, -0.25) is 4.79 Å². The summed E-state index contributed by atoms with van der Waals surface area (Å²) in [6.45, 7) is 1.05. The maximum Gasteiger partial charge on any atom is 0.257 e. The van der Waals surface area contributed by atoms with Crippen LogP contribution in [0.3, 0.4) is 0 Å². The summed E-state index contributed by atoms with van der Waals surface area (Å²) in [5, 5.41) is 2.48. The molecular weight excluding hydrogens is 254 g/mol. The number of carbonyl (C=O) groups excluding carboxylic acids is 1. The first kappa shape index (κ1) is 13.7. The number of halogens is 2. The Kier molecular flexibility index (Phi) is 4.31. The standard InChI is InChI=1S/C13H16F2N2O2/c14-9-3-4-10(16)12(15)11(9)13(18)17-6-5-8-2-1-7-19-8/h3-4,8H,1-2,5-7,16H2,(H,17,18). The van der Waals surface area contributed by atoms with Crippen LogP contribution in [-0.2, 0) is 4.74 Å². The van der Waals surface area contributed by atoms with Gasteiger partial charge in [0.25, 0.3) is 5.91 Å². The molecule has 1 amide bonds. The van der Waals surface area contributed by atoms with E-state index in [0.717, 1.165) is 31.6 Å². The summed E-state index contributed by atoms with van der Waals surface area (Å²) in [4.78, 5) is 11.7. The molecule has 0 aromatic heterocycles. The Morgan fingerprint density at radius 2 is 2.26 bits per heavy atom. The number of anilines is 1. The summed E-state index contributed by atoms with van der Waals surface area (Å²) < 4.78 is 32.4. The van der Waals surface area contributed by atoms with Gasteiger partial charge in [-0.1, -0.05) is 0 Å². The van der Waals surface area contributed by atoms with Gasteiger partial charge in [0.15, 0.2) is 5.82 Å². The van der Waals surface area contributed by atoms with Crippen LogP contribution in [0.4, 0.5) is 14.5 Å². The van der Waals surface area contributed by atoms with Gasteiger partial charge in [0.1, 0.15) is 11.4 Å². The lowest BCUT2D eigenvalue weighted by Crippen LogP contribution is -2.28. The number of amides is 1. The fourth-order valence-corrected chi connectivity index (χ4v) is 2.08. The van der Waals surface area contributed by atoms with Gasteiger partial charge in [0.2, 0.25) is 0 Å². The Morgan fingerprint density at radius 3 is 2.95 bits per heavy atom. The molecule has 1 unspecified atom stereocenters. The molecule has 1 aliphatic heterocycles. The third-order valence-corrected chi connectivity index (χ3v) is 3.12. The second-order valence-corrected chi connectivity index (χ2v) is 4.51. The fraction of sp³-hybridized carbons (Fsp3) is 0.462. The molecule has 3 N–H and O–H groups in total. The lowest BCUT2D eigenvalue weighted by molar-refractivity contribution is 0.0900. The zero-order chi connectivity index (χ0) is 13.8. The van der Waals surface area contributed by atoms with Gasteiger partial charge in [-0.2, -0.15) is 0 Å². The molecule has 1 fully saturated rings. The van der Waals surface area contributed by atoms with E-state index in [1.54, 1.807) is 0 Å². The number of benzene rings is 1. The number of nitrogens with one attached hydrogen (secondary N) is 1. The highest BCUT2D eigenvalue weighted by molar-refractivity contribution is 5.95. The molecule has 1 aromatic rings. The minimum atomic E-state index is -1.02. The minimum absolute atomic E-state index is 0.121. The van der Waals surface area contributed by atoms with Crippen molar-refractivity contribution in [1.29, 1.82) is 0 Å². The molecule has 6 heteroatoms. The highest BCUT2D eigenvalue weighted by Gasteiger charge is 2.20. The van der Waals surface area contributed by atoms with Crippen molar-refractivity contribution < 1.29 is 18.3 Å². The van der Waals surface area contributed by atoms with E-state index in [1.807, 2.05) is 0 Å². The smallest absolute Gasteiger partial charge is 0.257 e. The first-order valence-corrected chi connectivity index (χ1v) is 6.23. The van der Waals surface area contributed by atoms with Crippen molar-refractivity contribution in [3.8, 4) is 0 Å². The summed E-state index contributed by atoms with van der Waals surface area (Å²) in [6.07, 6.45) is 2.72. The van der Waals surface area contributed by atoms with Gasteiger partial charge in [0, 0.05) is 13.2 Å². The summed E-state index contributed by atoms with van der Waals surface area (Å²) in [6, 6.07) is 2.07. The van der Waals surface area contributed by atoms with Gasteiger partial charge in [-0.15, -0.1) is 0 Å². The van der Waals surface area contributed by atoms with Crippen LogP contribution in [-0.4, -0.2) is 25.2 Å². The van der Waals surface area contributed by atoms with Gasteiger partial charge >= 0.3 is 0 Å². The third kappa shape index (κ3) is 3.20. The summed E-state index contributed by atoms with van der Waals surface area (Å²) >= 11 is 0. The second kappa shape index (κ2) is 5.97. The van der Waals surface area contributed by atoms with Gasteiger partial charge in [0.05, 0.1) is 11.8 Å². The van der Waals surface area contributed by atoms with Crippen molar-refractivity contribution in [1.82, 2.24) is 5.32 Å². The molecule has 2 rings (SSSR count). The van der Waals surface area contributed by atoms with E-state index in [0.29, 0.717) is 13.0 Å². The molecule has 0 radical (unpaired) electrons. The molecule has 0 bridgehead atoms. The predicted molar refractivity (Wildman–Crippen MR) is 66.7 cm³/mol. The highest BCUT2D eigenvalue weighted by Crippen LogP contribution is 2.19. The molecule has 104 valence electrons. The zero-order valence-electron chi connectivity index (χ0n) is 10.4. The molecule has 0 aliphatic carbocycles. The molecule has 1 aromatic carbocycles. The summed E-state index contributed by atoms with van der Waals surface area (Å²) in [5.74, 6) is -2.73. The molecule has 1 heterocycles. The lowest BCUT2D eigenvalue weighted by Gasteiger charge is -2.11. The number of hydrogen-bond donors (Lipinski definition) is 2. The quantitative estimate of drug-likeness (QED) is 0.821. The van der Waals surface area contributed by atoms with Crippen molar-refractivity contribution in [2.75, 3.05) is 18.9 Å². The van der Waals surface area contributed by atoms with Gasteiger partial charge in [-0.25, -0.2) is 8.78 Å². The van der Waals surface area contributed by atoms with Crippen molar-refractivity contribution in [3.05, 3.63) is 29.3 Å². The fourth-order valence-electron chi connectivity index (χ4n) is 2.08. The van der Waals surface area contributed by atoms with Crippen LogP contribution in [0.1, 0.15) is 29.6 Å². The van der Waals surface area contributed by atoms with Crippen molar-refractivity contribution >= 4 is 11.6 Å². The van der Waals surface area contributed by atoms with E-state index >= 15 is 0 Å². The minimum Gasteiger partial charge on any atom is -0.396 e. The van der Waals surface area contributed by atoms with Crippen LogP contribution in [0.15, 0.2) is 12.1 Å². The average Bonchev–Trinajstić information content (AvgIpc) is 2.87. The number of nitrogen functional groups attached to an aromatic ring is 1. The number of carbonyl (C=O) groups is 1. The first-order valence-electron chi connectivity index (χ1n) is 6.23. The van der Waals surface area contributed by atoms with Crippen LogP contribution >= 0.6 is 0 Å². The summed E-state index contributed by atoms with van der Waals surface area (Å²) in [5.41, 5.74) is 4.44. The highest BCUT2D eigenvalue weighted by atomic mass is 19.1. The zero-order valence-corrected chi connectivity index (χ0v) is 10.4. The molecule has 0 spiro atoms. The normalized spacial score (nSPS) is 18.5. The largest absolute Gasteiger partial charge is 0.396 e. The first-order chi connectivity index (χ1) is 9.09. The predicted octanol–water partition coefficient (Wildman–Crippen LogP) is 1.85. The van der Waals surface area contributed by atoms with Crippen LogP contribution in [0.2, 0.25) is 0 Å². The third-order valence-electron chi connectivity index (χ3n) is 3.12. The summed E-state index contributed by atoms with van der Waals surface area (Å²) in [7, 11) is 0. The monoisotopic (exact) mass is 270 g/mol. The van der Waals surface area contributed by atoms with E-state index in [2.05, 4.69) is 5.32 Å². The van der Waals surface area contributed by atoms with Gasteiger partial charge in [-0.05, 0) is 31.4 Å². The number of hydrogen-bond acceptors (Lipinski definition) is 3. The Labute approximate surface area is 109 Å². The number of rotatable bonds is 4. The molecule has 4 nitrogen and oxygen atoms in total. The number of ether oxygens (including phenoxy) is 1. The van der Waals surface area contributed by atoms with E-state index in [-0.39, 0.29) is 11.8 Å². The van der Waals surface area contributed by atoms with Crippen molar-refractivity contribution in [3.63, 3.8) is 0 Å². The van der Waals surface area contributed by atoms with E-state index in [1.165, 1.54) is 0 Å². The van der Waals surface area contributed by atoms with Crippen LogP contribution in [0, 0.1) is 11.6 Å². The topological polar surface area (TPSA) is 64.4 Å². The van der Waals surface area contributed by atoms with Crippen LogP contribution in [0.25, 0.3) is 0 Å². The molecule has 19 heavy (non-hydrogen) atoms. The second-order valence-electron chi connectivity index (χ2n) is 4.51. The lowest BCUT2D eigenvalue weighted by atomic mass is 10.1. The molecule has 1 aliphatic rings. The van der Waals surface area contributed by atoms with E-state index in [4.69, 9.17) is 10.5 Å². The maximum absolute atomic E-state index is 13.6. The molecular formula is C13H16F2N2O2. The van der Waals surface area contributed by atoms with Crippen LogP contribution in [0.5, 0.6) is 0 Å². The van der Waals surface area contributed by atoms with Crippen molar-refractivity contribution in [2.45, 2.75) is 25.4 Å². The van der Waals surface area contributed by atoms with Crippen LogP contribution < -0.4 is 11.1 Å². The van der Waals surface area contributed by atoms with E-state index in [9.17, 15) is 13.6 Å². The average molecular weight is 270 g/mol. The maximum atomic E-state index is 13.6. The molecule has 1 saturated heterocycles. The van der Waals surface area contributed by atoms with E-state index < -0.39 is 23.1 Å². The van der Waals surface area contributed by atoms with Gasteiger partial charge < -0.3 is 15.8 Å². The Morgan fingerprint density at radius 1 is 1.47 bits per heavy atom. The Balaban J connectivity index is 1.94.